The van der Waals surface area contributed by atoms with E-state index in [-0.39, 0.29) is 5.92 Å². The van der Waals surface area contributed by atoms with Gasteiger partial charge in [0.15, 0.2) is 0 Å². The van der Waals surface area contributed by atoms with Crippen molar-refractivity contribution in [1.82, 2.24) is 0 Å². The van der Waals surface area contributed by atoms with Crippen LogP contribution in [0.3, 0.4) is 0 Å². The molecule has 2 aromatic rings. The van der Waals surface area contributed by atoms with Gasteiger partial charge in [-0.2, -0.15) is 0 Å². The number of hydrogen-bond acceptors (Lipinski definition) is 0. The van der Waals surface area contributed by atoms with Crippen molar-refractivity contribution in [3.63, 3.8) is 0 Å². The molecule has 19 heavy (non-hydrogen) atoms. The molecule has 0 bridgehead atoms. The molecule has 0 spiro atoms. The first-order valence-corrected chi connectivity index (χ1v) is 7.33. The largest absolute Gasteiger partial charge is 0.0843 e. The van der Waals surface area contributed by atoms with Crippen LogP contribution in [0, 0.1) is 5.92 Å². The zero-order valence-corrected chi connectivity index (χ0v) is 13.1. The molecule has 100 valence electrons. The van der Waals surface area contributed by atoms with Crippen molar-refractivity contribution in [2.45, 2.75) is 19.8 Å². The molecule has 0 aliphatic carbocycles. The molecule has 0 saturated heterocycles. The van der Waals surface area contributed by atoms with Crippen LogP contribution in [0.1, 0.15) is 30.9 Å². The second-order valence-corrected chi connectivity index (χ2v) is 6.22. The summed E-state index contributed by atoms with van der Waals surface area (Å²) >= 11 is 18.3. The molecule has 0 amide bonds. The minimum absolute atomic E-state index is 0.238. The standard InChI is InChI=1S/C16H15Cl3/c1-10(2)16(11-3-5-12(17)6-4-11)14-8-7-13(18)9-15(14)19/h3-10,16H,1-2H3. The quantitative estimate of drug-likeness (QED) is 0.612. The van der Waals surface area contributed by atoms with E-state index in [4.69, 9.17) is 34.8 Å². The zero-order chi connectivity index (χ0) is 14.0. The molecule has 0 saturated carbocycles. The fourth-order valence-electron chi connectivity index (χ4n) is 2.35. The van der Waals surface area contributed by atoms with E-state index >= 15 is 0 Å². The minimum atomic E-state index is 0.238. The van der Waals surface area contributed by atoms with E-state index < -0.39 is 0 Å². The fraction of sp³-hybridized carbons (Fsp3) is 0.250. The Bertz CT molecular complexity index is 559. The monoisotopic (exact) mass is 312 g/mol. The van der Waals surface area contributed by atoms with E-state index in [9.17, 15) is 0 Å². The van der Waals surface area contributed by atoms with Crippen molar-refractivity contribution in [2.75, 3.05) is 0 Å². The van der Waals surface area contributed by atoms with Crippen LogP contribution >= 0.6 is 34.8 Å². The van der Waals surface area contributed by atoms with E-state index in [0.29, 0.717) is 16.0 Å². The molecule has 0 aromatic heterocycles. The van der Waals surface area contributed by atoms with Crippen LogP contribution in [0.5, 0.6) is 0 Å². The van der Waals surface area contributed by atoms with Crippen LogP contribution in [0.15, 0.2) is 42.5 Å². The Morgan fingerprint density at radius 3 is 1.89 bits per heavy atom. The third kappa shape index (κ3) is 3.45. The minimum Gasteiger partial charge on any atom is -0.0843 e. The van der Waals surface area contributed by atoms with Gasteiger partial charge >= 0.3 is 0 Å². The second-order valence-electron chi connectivity index (χ2n) is 4.94. The zero-order valence-electron chi connectivity index (χ0n) is 10.8. The Balaban J connectivity index is 2.48. The Kier molecular flexibility index (Phi) is 4.78. The van der Waals surface area contributed by atoms with Crippen LogP contribution in [0.25, 0.3) is 0 Å². The highest BCUT2D eigenvalue weighted by Gasteiger charge is 2.20. The van der Waals surface area contributed by atoms with Crippen molar-refractivity contribution in [1.29, 1.82) is 0 Å². The van der Waals surface area contributed by atoms with E-state index in [2.05, 4.69) is 26.0 Å². The Morgan fingerprint density at radius 1 is 0.789 bits per heavy atom. The van der Waals surface area contributed by atoms with Crippen molar-refractivity contribution in [2.24, 2.45) is 5.92 Å². The smallest absolute Gasteiger partial charge is 0.0459 e. The average Bonchev–Trinajstić information content (AvgIpc) is 2.34. The van der Waals surface area contributed by atoms with Gasteiger partial charge in [-0.25, -0.2) is 0 Å². The molecule has 2 rings (SSSR count). The first-order valence-electron chi connectivity index (χ1n) is 6.19. The third-order valence-corrected chi connectivity index (χ3v) is 4.01. The SMILES string of the molecule is CC(C)C(c1ccc(Cl)cc1)c1ccc(Cl)cc1Cl. The van der Waals surface area contributed by atoms with Crippen molar-refractivity contribution in [3.05, 3.63) is 68.7 Å². The van der Waals surface area contributed by atoms with Gasteiger partial charge in [0.05, 0.1) is 0 Å². The maximum atomic E-state index is 6.34. The summed E-state index contributed by atoms with van der Waals surface area (Å²) in [7, 11) is 0. The molecule has 0 heterocycles. The summed E-state index contributed by atoms with van der Waals surface area (Å²) < 4.78 is 0. The number of halogens is 3. The molecular formula is C16H15Cl3. The summed E-state index contributed by atoms with van der Waals surface area (Å²) in [6, 6.07) is 13.6. The summed E-state index contributed by atoms with van der Waals surface area (Å²) in [5, 5.41) is 2.11. The van der Waals surface area contributed by atoms with Gasteiger partial charge in [-0.3, -0.25) is 0 Å². The van der Waals surface area contributed by atoms with Gasteiger partial charge < -0.3 is 0 Å². The van der Waals surface area contributed by atoms with E-state index in [1.165, 1.54) is 5.56 Å². The van der Waals surface area contributed by atoms with Crippen LogP contribution in [-0.4, -0.2) is 0 Å². The first-order chi connectivity index (χ1) is 8.99. The molecule has 1 unspecified atom stereocenters. The average molecular weight is 314 g/mol. The lowest BCUT2D eigenvalue weighted by Gasteiger charge is -2.23. The van der Waals surface area contributed by atoms with Gasteiger partial charge in [-0.15, -0.1) is 0 Å². The molecule has 0 N–H and O–H groups in total. The van der Waals surface area contributed by atoms with Gasteiger partial charge in [0.25, 0.3) is 0 Å². The molecule has 0 fully saturated rings. The molecule has 0 nitrogen and oxygen atoms in total. The topological polar surface area (TPSA) is 0 Å². The molecular weight excluding hydrogens is 299 g/mol. The Morgan fingerprint density at radius 2 is 1.37 bits per heavy atom. The highest BCUT2D eigenvalue weighted by atomic mass is 35.5. The van der Waals surface area contributed by atoms with Gasteiger partial charge in [0.2, 0.25) is 0 Å². The molecule has 2 aromatic carbocycles. The highest BCUT2D eigenvalue weighted by Crippen LogP contribution is 2.37. The number of benzene rings is 2. The number of hydrogen-bond donors (Lipinski definition) is 0. The lowest BCUT2D eigenvalue weighted by molar-refractivity contribution is 0.564. The van der Waals surface area contributed by atoms with Gasteiger partial charge in [-0.05, 0) is 41.3 Å². The van der Waals surface area contributed by atoms with Crippen LogP contribution in [-0.2, 0) is 0 Å². The molecule has 0 radical (unpaired) electrons. The molecule has 3 heteroatoms. The molecule has 0 aliphatic heterocycles. The van der Waals surface area contributed by atoms with E-state index in [0.717, 1.165) is 10.6 Å². The van der Waals surface area contributed by atoms with Crippen molar-refractivity contribution in [3.8, 4) is 0 Å². The van der Waals surface area contributed by atoms with E-state index in [1.54, 1.807) is 6.07 Å². The van der Waals surface area contributed by atoms with Crippen molar-refractivity contribution >= 4 is 34.8 Å². The van der Waals surface area contributed by atoms with Crippen LogP contribution in [0.4, 0.5) is 0 Å². The summed E-state index contributed by atoms with van der Waals surface area (Å²) in [6.07, 6.45) is 0. The summed E-state index contributed by atoms with van der Waals surface area (Å²) in [6.45, 7) is 4.37. The molecule has 0 aliphatic rings. The normalized spacial score (nSPS) is 12.7. The van der Waals surface area contributed by atoms with E-state index in [1.807, 2.05) is 24.3 Å². The lowest BCUT2D eigenvalue weighted by atomic mass is 9.82. The fourth-order valence-corrected chi connectivity index (χ4v) is 3.00. The highest BCUT2D eigenvalue weighted by molar-refractivity contribution is 6.35. The first kappa shape index (κ1) is 14.7. The summed E-state index contributed by atoms with van der Waals surface area (Å²) in [4.78, 5) is 0. The van der Waals surface area contributed by atoms with Crippen LogP contribution < -0.4 is 0 Å². The second kappa shape index (κ2) is 6.17. The molecule has 1 atom stereocenters. The maximum Gasteiger partial charge on any atom is 0.0459 e. The van der Waals surface area contributed by atoms with Gasteiger partial charge in [0.1, 0.15) is 0 Å². The van der Waals surface area contributed by atoms with Gasteiger partial charge in [-0.1, -0.05) is 66.8 Å². The van der Waals surface area contributed by atoms with Crippen molar-refractivity contribution < 1.29 is 0 Å². The lowest BCUT2D eigenvalue weighted by Crippen LogP contribution is -2.09. The Hall–Kier alpha value is -0.690. The predicted octanol–water partition coefficient (Wildman–Crippen LogP) is 6.43. The summed E-state index contributed by atoms with van der Waals surface area (Å²) in [5.41, 5.74) is 2.31. The van der Waals surface area contributed by atoms with Crippen LogP contribution in [0.2, 0.25) is 15.1 Å². The predicted molar refractivity (Wildman–Crippen MR) is 84.6 cm³/mol. The van der Waals surface area contributed by atoms with Gasteiger partial charge in [0, 0.05) is 21.0 Å². The Labute approximate surface area is 129 Å². The maximum absolute atomic E-state index is 6.34. The summed E-state index contributed by atoms with van der Waals surface area (Å²) in [5.74, 6) is 0.668. The number of rotatable bonds is 3. The third-order valence-electron chi connectivity index (χ3n) is 3.19.